The first kappa shape index (κ1) is 25.2. The van der Waals surface area contributed by atoms with Crippen LogP contribution in [0.25, 0.3) is 0 Å². The lowest BCUT2D eigenvalue weighted by molar-refractivity contribution is 0.0739. The maximum atomic E-state index is 12.4. The molecule has 0 saturated heterocycles. The van der Waals surface area contributed by atoms with E-state index in [1.165, 1.54) is 11.3 Å². The summed E-state index contributed by atoms with van der Waals surface area (Å²) in [6, 6.07) is 23.5. The highest BCUT2D eigenvalue weighted by Crippen LogP contribution is 2.45. The van der Waals surface area contributed by atoms with Crippen LogP contribution >= 0.6 is 22.9 Å². The molecule has 0 bridgehead atoms. The van der Waals surface area contributed by atoms with Gasteiger partial charge >= 0.3 is 5.97 Å². The summed E-state index contributed by atoms with van der Waals surface area (Å²) < 4.78 is 22.8. The van der Waals surface area contributed by atoms with Gasteiger partial charge in [-0.25, -0.2) is 4.79 Å². The van der Waals surface area contributed by atoms with Crippen molar-refractivity contribution in [1.29, 1.82) is 5.26 Å². The Labute approximate surface area is 228 Å². The second kappa shape index (κ2) is 10.9. The highest BCUT2D eigenvalue weighted by Gasteiger charge is 2.32. The molecule has 0 aliphatic carbocycles. The van der Waals surface area contributed by atoms with Gasteiger partial charge in [-0.3, -0.25) is 0 Å². The van der Waals surface area contributed by atoms with Gasteiger partial charge in [0.25, 0.3) is 0 Å². The molecular formula is C29H21ClN2O5S. The van der Waals surface area contributed by atoms with E-state index in [9.17, 15) is 10.1 Å². The van der Waals surface area contributed by atoms with Crippen molar-refractivity contribution in [2.45, 2.75) is 12.5 Å². The number of hydrogen-bond acceptors (Lipinski definition) is 8. The first-order valence-electron chi connectivity index (χ1n) is 11.5. The maximum absolute atomic E-state index is 12.4. The standard InChI is InChI=1S/C29H21ClN2O5S/c1-34-25-13-18(6-11-23(25)35-16-17-4-7-19(30)8-5-17)27-21-10-9-20(36-29(33)26-3-2-12-38-26)14-24(21)37-28(32)22(27)15-31/h2-14,27H,16,32H2,1H3. The van der Waals surface area contributed by atoms with Crippen molar-refractivity contribution >= 4 is 28.9 Å². The third-order valence-electron chi connectivity index (χ3n) is 5.95. The van der Waals surface area contributed by atoms with E-state index in [0.717, 1.165) is 11.1 Å². The van der Waals surface area contributed by atoms with E-state index in [1.54, 1.807) is 61.0 Å². The van der Waals surface area contributed by atoms with Crippen molar-refractivity contribution in [3.63, 3.8) is 0 Å². The van der Waals surface area contributed by atoms with E-state index < -0.39 is 11.9 Å². The van der Waals surface area contributed by atoms with Crippen LogP contribution in [-0.2, 0) is 6.61 Å². The van der Waals surface area contributed by atoms with E-state index in [-0.39, 0.29) is 11.5 Å². The van der Waals surface area contributed by atoms with Crippen LogP contribution in [0.1, 0.15) is 32.3 Å². The lowest BCUT2D eigenvalue weighted by atomic mass is 9.83. The SMILES string of the molecule is COc1cc(C2C(C#N)=C(N)Oc3cc(OC(=O)c4cccs4)ccc32)ccc1OCc1ccc(Cl)cc1. The van der Waals surface area contributed by atoms with Crippen molar-refractivity contribution in [2.24, 2.45) is 5.73 Å². The number of ether oxygens (including phenoxy) is 4. The van der Waals surface area contributed by atoms with Crippen molar-refractivity contribution in [3.8, 4) is 29.1 Å². The predicted octanol–water partition coefficient (Wildman–Crippen LogP) is 6.43. The molecule has 0 spiro atoms. The van der Waals surface area contributed by atoms with Crippen molar-refractivity contribution < 1.29 is 23.7 Å². The van der Waals surface area contributed by atoms with Gasteiger partial charge in [0.15, 0.2) is 11.5 Å². The van der Waals surface area contributed by atoms with Gasteiger partial charge in [0.05, 0.1) is 13.0 Å². The number of carbonyl (C=O) groups is 1. The molecular weight excluding hydrogens is 524 g/mol. The summed E-state index contributed by atoms with van der Waals surface area (Å²) in [5.74, 6) is 0.737. The number of nitrogens with two attached hydrogens (primary N) is 1. The fraction of sp³-hybridized carbons (Fsp3) is 0.103. The van der Waals surface area contributed by atoms with Gasteiger partial charge in [-0.15, -0.1) is 11.3 Å². The predicted molar refractivity (Wildman–Crippen MR) is 144 cm³/mol. The third-order valence-corrected chi connectivity index (χ3v) is 7.05. The van der Waals surface area contributed by atoms with Crippen LogP contribution in [0.3, 0.4) is 0 Å². The van der Waals surface area contributed by atoms with Gasteiger partial charge in [-0.05, 0) is 52.9 Å². The molecule has 9 heteroatoms. The number of methoxy groups -OCH3 is 1. The molecule has 190 valence electrons. The summed E-state index contributed by atoms with van der Waals surface area (Å²) in [6.07, 6.45) is 0. The number of nitriles is 1. The van der Waals surface area contributed by atoms with Crippen molar-refractivity contribution in [1.82, 2.24) is 0 Å². The summed E-state index contributed by atoms with van der Waals surface area (Å²) in [7, 11) is 1.55. The number of fused-ring (bicyclic) bond motifs is 1. The Morgan fingerprint density at radius 3 is 2.63 bits per heavy atom. The monoisotopic (exact) mass is 544 g/mol. The van der Waals surface area contributed by atoms with Crippen LogP contribution < -0.4 is 24.7 Å². The quantitative estimate of drug-likeness (QED) is 0.211. The smallest absolute Gasteiger partial charge is 0.353 e. The maximum Gasteiger partial charge on any atom is 0.353 e. The normalized spacial score (nSPS) is 14.2. The molecule has 3 aromatic carbocycles. The van der Waals surface area contributed by atoms with Gasteiger partial charge < -0.3 is 24.7 Å². The Kier molecular flexibility index (Phi) is 7.22. The lowest BCUT2D eigenvalue weighted by Gasteiger charge is -2.27. The minimum Gasteiger partial charge on any atom is -0.493 e. The summed E-state index contributed by atoms with van der Waals surface area (Å²) in [4.78, 5) is 12.9. The summed E-state index contributed by atoms with van der Waals surface area (Å²) in [6.45, 7) is 0.330. The Morgan fingerprint density at radius 1 is 1.11 bits per heavy atom. The lowest BCUT2D eigenvalue weighted by Crippen LogP contribution is -2.21. The number of rotatable bonds is 7. The van der Waals surface area contributed by atoms with E-state index >= 15 is 0 Å². The van der Waals surface area contributed by atoms with Gasteiger partial charge in [0.2, 0.25) is 5.88 Å². The highest BCUT2D eigenvalue weighted by atomic mass is 35.5. The number of halogens is 1. The van der Waals surface area contributed by atoms with Gasteiger partial charge in [-0.2, -0.15) is 5.26 Å². The largest absolute Gasteiger partial charge is 0.493 e. The molecule has 2 heterocycles. The molecule has 0 radical (unpaired) electrons. The summed E-state index contributed by atoms with van der Waals surface area (Å²) in [5, 5.41) is 12.4. The topological polar surface area (TPSA) is 104 Å². The average Bonchev–Trinajstić information content (AvgIpc) is 3.47. The molecule has 2 N–H and O–H groups in total. The second-order valence-corrected chi connectivity index (χ2v) is 9.70. The number of esters is 1. The minimum atomic E-state index is -0.523. The van der Waals surface area contributed by atoms with Crippen LogP contribution in [0.2, 0.25) is 5.02 Å². The Bertz CT molecular complexity index is 1560. The average molecular weight is 545 g/mol. The van der Waals surface area contributed by atoms with E-state index in [0.29, 0.717) is 45.1 Å². The molecule has 1 aliphatic rings. The van der Waals surface area contributed by atoms with Crippen LogP contribution in [-0.4, -0.2) is 13.1 Å². The zero-order valence-corrected chi connectivity index (χ0v) is 21.7. The Morgan fingerprint density at radius 2 is 1.92 bits per heavy atom. The minimum absolute atomic E-state index is 0.0197. The number of allylic oxidation sites excluding steroid dienone is 1. The van der Waals surface area contributed by atoms with Gasteiger partial charge in [-0.1, -0.05) is 41.9 Å². The molecule has 1 aliphatic heterocycles. The Hall–Kier alpha value is -4.45. The third kappa shape index (κ3) is 5.16. The first-order chi connectivity index (χ1) is 18.5. The summed E-state index contributed by atoms with van der Waals surface area (Å²) in [5.41, 5.74) is 8.82. The second-order valence-electron chi connectivity index (χ2n) is 8.32. The molecule has 4 aromatic rings. The van der Waals surface area contributed by atoms with Gasteiger partial charge in [0, 0.05) is 16.7 Å². The molecule has 0 fully saturated rings. The van der Waals surface area contributed by atoms with Crippen molar-refractivity contribution in [3.05, 3.63) is 116 Å². The van der Waals surface area contributed by atoms with E-state index in [4.69, 9.17) is 36.3 Å². The molecule has 0 saturated carbocycles. The fourth-order valence-electron chi connectivity index (χ4n) is 4.12. The first-order valence-corrected chi connectivity index (χ1v) is 12.7. The van der Waals surface area contributed by atoms with Crippen LogP contribution in [0.4, 0.5) is 0 Å². The molecule has 7 nitrogen and oxygen atoms in total. The highest BCUT2D eigenvalue weighted by molar-refractivity contribution is 7.12. The molecule has 0 amide bonds. The number of hydrogen-bond donors (Lipinski definition) is 1. The van der Waals surface area contributed by atoms with Crippen LogP contribution in [0, 0.1) is 11.3 Å². The molecule has 1 aromatic heterocycles. The van der Waals surface area contributed by atoms with Crippen LogP contribution in [0.5, 0.6) is 23.0 Å². The summed E-state index contributed by atoms with van der Waals surface area (Å²) >= 11 is 7.25. The molecule has 1 atom stereocenters. The fourth-order valence-corrected chi connectivity index (χ4v) is 4.84. The zero-order chi connectivity index (χ0) is 26.6. The van der Waals surface area contributed by atoms with E-state index in [1.807, 2.05) is 24.3 Å². The number of thiophene rings is 1. The molecule has 38 heavy (non-hydrogen) atoms. The molecule has 1 unspecified atom stereocenters. The molecule has 5 rings (SSSR count). The Balaban J connectivity index is 1.44. The van der Waals surface area contributed by atoms with Crippen molar-refractivity contribution in [2.75, 3.05) is 7.11 Å². The van der Waals surface area contributed by atoms with E-state index in [2.05, 4.69) is 6.07 Å². The van der Waals surface area contributed by atoms with Gasteiger partial charge in [0.1, 0.15) is 34.6 Å². The van der Waals surface area contributed by atoms with Crippen LogP contribution in [0.15, 0.2) is 89.6 Å². The number of carbonyl (C=O) groups excluding carboxylic acids is 1. The zero-order valence-electron chi connectivity index (χ0n) is 20.1. The number of benzene rings is 3. The number of nitrogens with zero attached hydrogens (tertiary/aromatic N) is 1.